The van der Waals surface area contributed by atoms with Gasteiger partial charge in [0.05, 0.1) is 5.52 Å². The molecule has 17 heavy (non-hydrogen) atoms. The Hall–Kier alpha value is -1.36. The van der Waals surface area contributed by atoms with Crippen LogP contribution in [0.15, 0.2) is 29.0 Å². The monoisotopic (exact) mass is 294 g/mol. The van der Waals surface area contributed by atoms with Gasteiger partial charge in [-0.1, -0.05) is 12.5 Å². The van der Waals surface area contributed by atoms with Crippen LogP contribution in [0, 0.1) is 0 Å². The van der Waals surface area contributed by atoms with E-state index in [4.69, 9.17) is 0 Å². The fourth-order valence-electron chi connectivity index (χ4n) is 2.40. The summed E-state index contributed by atoms with van der Waals surface area (Å²) in [5.74, 6) is -0.134. The summed E-state index contributed by atoms with van der Waals surface area (Å²) in [6.45, 7) is 0. The maximum Gasteiger partial charge on any atom is 0.317 e. The molecule has 0 atom stereocenters. The molecule has 0 radical (unpaired) electrons. The van der Waals surface area contributed by atoms with Gasteiger partial charge in [-0.3, -0.25) is 4.79 Å². The molecule has 0 amide bonds. The minimum absolute atomic E-state index is 0.638. The van der Waals surface area contributed by atoms with Crippen LogP contribution in [0.4, 0.5) is 0 Å². The standard InChI is InChI=1S/C12H11BrN2O2/c13-9-8-4-1-2-7-15(8)10(14-9)12(11(16)17)5-3-6-12/h1-2,4,7H,3,5-6H2,(H,16,17). The fraction of sp³-hybridized carbons (Fsp3) is 0.333. The highest BCUT2D eigenvalue weighted by Crippen LogP contribution is 2.44. The maximum absolute atomic E-state index is 11.5. The van der Waals surface area contributed by atoms with Crippen molar-refractivity contribution in [2.24, 2.45) is 0 Å². The third kappa shape index (κ3) is 1.35. The number of aliphatic carboxylic acids is 1. The second-order valence-corrected chi connectivity index (χ2v) is 5.17. The van der Waals surface area contributed by atoms with Crippen LogP contribution in [-0.4, -0.2) is 20.5 Å². The Kier molecular flexibility index (Phi) is 2.26. The van der Waals surface area contributed by atoms with E-state index in [1.165, 1.54) is 0 Å². The van der Waals surface area contributed by atoms with Gasteiger partial charge < -0.3 is 9.51 Å². The third-order valence-electron chi connectivity index (χ3n) is 3.55. The largest absolute Gasteiger partial charge is 0.480 e. The van der Waals surface area contributed by atoms with Crippen molar-refractivity contribution in [1.29, 1.82) is 0 Å². The highest BCUT2D eigenvalue weighted by Gasteiger charge is 2.49. The number of halogens is 1. The van der Waals surface area contributed by atoms with Gasteiger partial charge in [0.15, 0.2) is 0 Å². The molecule has 0 spiro atoms. The minimum Gasteiger partial charge on any atom is -0.480 e. The molecule has 2 aromatic heterocycles. The number of pyridine rings is 1. The van der Waals surface area contributed by atoms with Crippen molar-refractivity contribution in [2.75, 3.05) is 0 Å². The predicted molar refractivity (Wildman–Crippen MR) is 66.1 cm³/mol. The molecular weight excluding hydrogens is 284 g/mol. The van der Waals surface area contributed by atoms with Gasteiger partial charge in [0.2, 0.25) is 0 Å². The van der Waals surface area contributed by atoms with Gasteiger partial charge in [-0.25, -0.2) is 4.98 Å². The SMILES string of the molecule is O=C(O)C1(c2nc(Br)c3ccccn23)CCC1. The van der Waals surface area contributed by atoms with E-state index in [-0.39, 0.29) is 0 Å². The Bertz CT molecular complexity index is 602. The van der Waals surface area contributed by atoms with Gasteiger partial charge >= 0.3 is 5.97 Å². The highest BCUT2D eigenvalue weighted by molar-refractivity contribution is 9.10. The number of hydrogen-bond acceptors (Lipinski definition) is 2. The fourth-order valence-corrected chi connectivity index (χ4v) is 2.89. The topological polar surface area (TPSA) is 54.6 Å². The van der Waals surface area contributed by atoms with Gasteiger partial charge in [0.25, 0.3) is 0 Å². The van der Waals surface area contributed by atoms with E-state index in [0.717, 1.165) is 11.9 Å². The van der Waals surface area contributed by atoms with Gasteiger partial charge in [-0.15, -0.1) is 0 Å². The highest BCUT2D eigenvalue weighted by atomic mass is 79.9. The Labute approximate surface area is 106 Å². The number of aromatic nitrogens is 2. The van der Waals surface area contributed by atoms with E-state index in [1.54, 1.807) is 0 Å². The first-order valence-electron chi connectivity index (χ1n) is 5.52. The van der Waals surface area contributed by atoms with Crippen molar-refractivity contribution in [3.63, 3.8) is 0 Å². The normalized spacial score (nSPS) is 17.9. The molecule has 0 saturated heterocycles. The summed E-state index contributed by atoms with van der Waals surface area (Å²) < 4.78 is 2.58. The van der Waals surface area contributed by atoms with Crippen molar-refractivity contribution in [1.82, 2.24) is 9.38 Å². The van der Waals surface area contributed by atoms with Crippen molar-refractivity contribution in [3.8, 4) is 0 Å². The number of nitrogens with zero attached hydrogens (tertiary/aromatic N) is 2. The first kappa shape index (κ1) is 10.8. The molecule has 0 bridgehead atoms. The molecule has 0 unspecified atom stereocenters. The van der Waals surface area contributed by atoms with Gasteiger partial charge in [0.1, 0.15) is 15.8 Å². The van der Waals surface area contributed by atoms with E-state index in [9.17, 15) is 9.90 Å². The zero-order valence-corrected chi connectivity index (χ0v) is 10.6. The van der Waals surface area contributed by atoms with Crippen LogP contribution >= 0.6 is 15.9 Å². The average molecular weight is 295 g/mol. The summed E-state index contributed by atoms with van der Waals surface area (Å²) in [6.07, 6.45) is 4.16. The molecular formula is C12H11BrN2O2. The van der Waals surface area contributed by atoms with Crippen molar-refractivity contribution < 1.29 is 9.90 Å². The molecule has 1 N–H and O–H groups in total. The molecule has 0 aromatic carbocycles. The molecule has 4 nitrogen and oxygen atoms in total. The number of carbonyl (C=O) groups is 1. The Balaban J connectivity index is 2.27. The molecule has 5 heteroatoms. The second kappa shape index (κ2) is 3.57. The molecule has 1 fully saturated rings. The Morgan fingerprint density at radius 1 is 1.47 bits per heavy atom. The van der Waals surface area contributed by atoms with Crippen LogP contribution < -0.4 is 0 Å². The van der Waals surface area contributed by atoms with Crippen LogP contribution in [0.5, 0.6) is 0 Å². The first-order valence-corrected chi connectivity index (χ1v) is 6.31. The van der Waals surface area contributed by atoms with Crippen LogP contribution in [0.3, 0.4) is 0 Å². The lowest BCUT2D eigenvalue weighted by atomic mass is 9.68. The van der Waals surface area contributed by atoms with Crippen LogP contribution in [0.1, 0.15) is 25.1 Å². The zero-order valence-electron chi connectivity index (χ0n) is 9.06. The molecule has 2 heterocycles. The van der Waals surface area contributed by atoms with Gasteiger partial charge in [-0.05, 0) is 40.9 Å². The predicted octanol–water partition coefficient (Wildman–Crippen LogP) is 2.60. The molecule has 1 saturated carbocycles. The van der Waals surface area contributed by atoms with E-state index in [1.807, 2.05) is 28.8 Å². The van der Waals surface area contributed by atoms with Crippen molar-refractivity contribution in [3.05, 3.63) is 34.8 Å². The lowest BCUT2D eigenvalue weighted by Gasteiger charge is -2.36. The molecule has 1 aliphatic rings. The van der Waals surface area contributed by atoms with E-state index < -0.39 is 11.4 Å². The number of fused-ring (bicyclic) bond motifs is 1. The molecule has 88 valence electrons. The quantitative estimate of drug-likeness (QED) is 0.926. The zero-order chi connectivity index (χ0) is 12.0. The van der Waals surface area contributed by atoms with Crippen molar-refractivity contribution in [2.45, 2.75) is 24.7 Å². The molecule has 1 aliphatic carbocycles. The van der Waals surface area contributed by atoms with Crippen LogP contribution in [-0.2, 0) is 10.2 Å². The molecule has 3 rings (SSSR count). The van der Waals surface area contributed by atoms with E-state index in [0.29, 0.717) is 23.3 Å². The minimum atomic E-state index is -0.795. The molecule has 0 aliphatic heterocycles. The number of imidazole rings is 1. The van der Waals surface area contributed by atoms with Crippen molar-refractivity contribution >= 4 is 27.4 Å². The number of hydrogen-bond donors (Lipinski definition) is 1. The first-order chi connectivity index (χ1) is 8.15. The summed E-state index contributed by atoms with van der Waals surface area (Å²) in [4.78, 5) is 15.9. The lowest BCUT2D eigenvalue weighted by molar-refractivity contribution is -0.147. The summed E-state index contributed by atoms with van der Waals surface area (Å²) in [6, 6.07) is 5.73. The number of rotatable bonds is 2. The Morgan fingerprint density at radius 3 is 2.82 bits per heavy atom. The Morgan fingerprint density at radius 2 is 2.24 bits per heavy atom. The summed E-state index contributed by atoms with van der Waals surface area (Å²) in [7, 11) is 0. The van der Waals surface area contributed by atoms with E-state index in [2.05, 4.69) is 20.9 Å². The number of carboxylic acid groups (broad SMARTS) is 1. The summed E-state index contributed by atoms with van der Waals surface area (Å²) in [5.41, 5.74) is 0.117. The maximum atomic E-state index is 11.5. The third-order valence-corrected chi connectivity index (χ3v) is 4.13. The molecule has 2 aromatic rings. The van der Waals surface area contributed by atoms with Crippen LogP contribution in [0.25, 0.3) is 5.52 Å². The smallest absolute Gasteiger partial charge is 0.317 e. The van der Waals surface area contributed by atoms with E-state index >= 15 is 0 Å². The van der Waals surface area contributed by atoms with Crippen LogP contribution in [0.2, 0.25) is 0 Å². The summed E-state index contributed by atoms with van der Waals surface area (Å²) >= 11 is 3.39. The summed E-state index contributed by atoms with van der Waals surface area (Å²) in [5, 5.41) is 9.44. The van der Waals surface area contributed by atoms with Gasteiger partial charge in [-0.2, -0.15) is 0 Å². The second-order valence-electron chi connectivity index (χ2n) is 4.42. The average Bonchev–Trinajstić information content (AvgIpc) is 2.56. The number of carboxylic acids is 1. The van der Waals surface area contributed by atoms with Gasteiger partial charge in [0, 0.05) is 6.20 Å². The lowest BCUT2D eigenvalue weighted by Crippen LogP contribution is -2.43.